The lowest BCUT2D eigenvalue weighted by molar-refractivity contribution is 0.0579. The van der Waals surface area contributed by atoms with E-state index in [-0.39, 0.29) is 5.91 Å². The quantitative estimate of drug-likeness (QED) is 0.904. The molecular formula is C16H26N4O. The van der Waals surface area contributed by atoms with Crippen LogP contribution in [-0.2, 0) is 6.54 Å². The van der Waals surface area contributed by atoms with Gasteiger partial charge in [0, 0.05) is 24.8 Å². The Morgan fingerprint density at radius 1 is 1.43 bits per heavy atom. The van der Waals surface area contributed by atoms with Crippen molar-refractivity contribution in [1.29, 1.82) is 0 Å². The number of aromatic nitrogens is 2. The molecule has 0 aromatic carbocycles. The van der Waals surface area contributed by atoms with Crippen LogP contribution in [-0.4, -0.2) is 46.3 Å². The maximum atomic E-state index is 12.9. The topological polar surface area (TPSA) is 50.2 Å². The van der Waals surface area contributed by atoms with E-state index < -0.39 is 0 Å². The average molecular weight is 290 g/mol. The minimum absolute atomic E-state index is 0.129. The van der Waals surface area contributed by atoms with Gasteiger partial charge in [-0.2, -0.15) is 5.10 Å². The van der Waals surface area contributed by atoms with E-state index in [4.69, 9.17) is 0 Å². The Morgan fingerprint density at radius 2 is 2.29 bits per heavy atom. The van der Waals surface area contributed by atoms with Crippen molar-refractivity contribution in [2.45, 2.75) is 52.1 Å². The Morgan fingerprint density at radius 3 is 3.05 bits per heavy atom. The van der Waals surface area contributed by atoms with Crippen LogP contribution in [0.1, 0.15) is 48.8 Å². The molecule has 0 radical (unpaired) electrons. The van der Waals surface area contributed by atoms with E-state index in [1.165, 1.54) is 12.8 Å². The van der Waals surface area contributed by atoms with Crippen LogP contribution in [0.4, 0.5) is 0 Å². The molecular weight excluding hydrogens is 264 g/mol. The molecule has 0 aliphatic carbocycles. The number of carbonyl (C=O) groups is 1. The fourth-order valence-electron chi connectivity index (χ4n) is 3.80. The first-order valence-electron chi connectivity index (χ1n) is 8.27. The molecule has 2 aliphatic rings. The third-order valence-electron chi connectivity index (χ3n) is 4.95. The number of likely N-dealkylation sites (tertiary alicyclic amines) is 1. The summed E-state index contributed by atoms with van der Waals surface area (Å²) in [5, 5.41) is 7.96. The smallest absolute Gasteiger partial charge is 0.274 e. The normalized spacial score (nSPS) is 26.3. The van der Waals surface area contributed by atoms with Crippen molar-refractivity contribution in [3.8, 4) is 0 Å². The minimum atomic E-state index is 0.129. The standard InChI is InChI=1S/C16H26N4O/c1-3-20-12(2)10-14(18-20)16(21)19-9-5-4-6-13-11-17-8-7-15(13)19/h10,13,15,17H,3-9,11H2,1-2H3/t13-,15+/m0/s1. The summed E-state index contributed by atoms with van der Waals surface area (Å²) in [4.78, 5) is 15.0. The van der Waals surface area contributed by atoms with Gasteiger partial charge in [0.1, 0.15) is 0 Å². The SMILES string of the molecule is CCn1nc(C(=O)N2CCCC[C@H]3CNCC[C@H]32)cc1C. The number of carbonyl (C=O) groups excluding carboxylic acids is 1. The molecule has 0 unspecified atom stereocenters. The van der Waals surface area contributed by atoms with Crippen LogP contribution in [0.25, 0.3) is 0 Å². The lowest BCUT2D eigenvalue weighted by Crippen LogP contribution is -2.51. The predicted octanol–water partition coefficient (Wildman–Crippen LogP) is 1.82. The van der Waals surface area contributed by atoms with Crippen LogP contribution in [0.5, 0.6) is 0 Å². The summed E-state index contributed by atoms with van der Waals surface area (Å²) >= 11 is 0. The first-order valence-corrected chi connectivity index (χ1v) is 8.27. The van der Waals surface area contributed by atoms with Crippen molar-refractivity contribution in [3.05, 3.63) is 17.5 Å². The largest absolute Gasteiger partial charge is 0.334 e. The molecule has 0 bridgehead atoms. The number of nitrogens with one attached hydrogen (secondary N) is 1. The molecule has 1 amide bonds. The van der Waals surface area contributed by atoms with Crippen LogP contribution >= 0.6 is 0 Å². The maximum Gasteiger partial charge on any atom is 0.274 e. The second kappa shape index (κ2) is 6.18. The second-order valence-corrected chi connectivity index (χ2v) is 6.30. The predicted molar refractivity (Wildman–Crippen MR) is 82.3 cm³/mol. The zero-order valence-corrected chi connectivity index (χ0v) is 13.1. The molecule has 2 atom stereocenters. The summed E-state index contributed by atoms with van der Waals surface area (Å²) < 4.78 is 1.91. The van der Waals surface area contributed by atoms with Crippen LogP contribution in [0, 0.1) is 12.8 Å². The Hall–Kier alpha value is -1.36. The van der Waals surface area contributed by atoms with E-state index in [9.17, 15) is 4.79 Å². The Labute approximate surface area is 126 Å². The van der Waals surface area contributed by atoms with Crippen LogP contribution in [0.15, 0.2) is 6.07 Å². The Kier molecular flexibility index (Phi) is 4.29. The van der Waals surface area contributed by atoms with E-state index in [1.54, 1.807) is 0 Å². The zero-order chi connectivity index (χ0) is 14.8. The molecule has 1 aromatic rings. The van der Waals surface area contributed by atoms with Gasteiger partial charge in [-0.05, 0) is 58.2 Å². The van der Waals surface area contributed by atoms with Gasteiger partial charge in [0.15, 0.2) is 5.69 Å². The van der Waals surface area contributed by atoms with Crippen molar-refractivity contribution in [2.24, 2.45) is 5.92 Å². The Balaban J connectivity index is 1.83. The lowest BCUT2D eigenvalue weighted by Gasteiger charge is -2.38. The molecule has 2 aliphatic heterocycles. The number of piperidine rings is 1. The van der Waals surface area contributed by atoms with Gasteiger partial charge in [-0.15, -0.1) is 0 Å². The molecule has 0 saturated carbocycles. The third-order valence-corrected chi connectivity index (χ3v) is 4.95. The second-order valence-electron chi connectivity index (χ2n) is 6.30. The first-order chi connectivity index (χ1) is 10.2. The monoisotopic (exact) mass is 290 g/mol. The van der Waals surface area contributed by atoms with Gasteiger partial charge in [-0.1, -0.05) is 6.42 Å². The Bertz CT molecular complexity index is 510. The molecule has 3 heterocycles. The summed E-state index contributed by atoms with van der Waals surface area (Å²) in [6, 6.07) is 2.33. The molecule has 1 N–H and O–H groups in total. The van der Waals surface area contributed by atoms with Crippen molar-refractivity contribution < 1.29 is 4.79 Å². The van der Waals surface area contributed by atoms with Crippen molar-refractivity contribution in [1.82, 2.24) is 20.0 Å². The van der Waals surface area contributed by atoms with Crippen LogP contribution in [0.2, 0.25) is 0 Å². The van der Waals surface area contributed by atoms with Crippen molar-refractivity contribution in [2.75, 3.05) is 19.6 Å². The molecule has 116 valence electrons. The van der Waals surface area contributed by atoms with Crippen LogP contribution < -0.4 is 5.32 Å². The molecule has 21 heavy (non-hydrogen) atoms. The van der Waals surface area contributed by atoms with E-state index in [0.29, 0.717) is 17.7 Å². The highest BCUT2D eigenvalue weighted by molar-refractivity contribution is 5.92. The number of aryl methyl sites for hydroxylation is 2. The molecule has 5 nitrogen and oxygen atoms in total. The highest BCUT2D eigenvalue weighted by Crippen LogP contribution is 2.28. The number of fused-ring (bicyclic) bond motifs is 1. The van der Waals surface area contributed by atoms with Gasteiger partial charge in [-0.25, -0.2) is 0 Å². The van der Waals surface area contributed by atoms with Crippen molar-refractivity contribution in [3.63, 3.8) is 0 Å². The zero-order valence-electron chi connectivity index (χ0n) is 13.1. The van der Waals surface area contributed by atoms with Crippen LogP contribution in [0.3, 0.4) is 0 Å². The first kappa shape index (κ1) is 14.6. The molecule has 2 saturated heterocycles. The van der Waals surface area contributed by atoms with Gasteiger partial charge in [0.05, 0.1) is 0 Å². The number of rotatable bonds is 2. The minimum Gasteiger partial charge on any atom is -0.334 e. The molecule has 3 rings (SSSR count). The summed E-state index contributed by atoms with van der Waals surface area (Å²) in [6.07, 6.45) is 4.66. The third kappa shape index (κ3) is 2.84. The number of hydrogen-bond acceptors (Lipinski definition) is 3. The van der Waals surface area contributed by atoms with Gasteiger partial charge in [0.25, 0.3) is 5.91 Å². The van der Waals surface area contributed by atoms with Gasteiger partial charge in [-0.3, -0.25) is 9.48 Å². The highest BCUT2D eigenvalue weighted by atomic mass is 16.2. The average Bonchev–Trinajstić information content (AvgIpc) is 2.75. The molecule has 5 heteroatoms. The summed E-state index contributed by atoms with van der Waals surface area (Å²) in [7, 11) is 0. The highest BCUT2D eigenvalue weighted by Gasteiger charge is 2.35. The molecule has 2 fully saturated rings. The fourth-order valence-corrected chi connectivity index (χ4v) is 3.80. The van der Waals surface area contributed by atoms with Crippen molar-refractivity contribution >= 4 is 5.91 Å². The number of amides is 1. The fraction of sp³-hybridized carbons (Fsp3) is 0.750. The van der Waals surface area contributed by atoms with E-state index >= 15 is 0 Å². The summed E-state index contributed by atoms with van der Waals surface area (Å²) in [6.45, 7) is 7.85. The van der Waals surface area contributed by atoms with Gasteiger partial charge < -0.3 is 10.2 Å². The molecule has 0 spiro atoms. The van der Waals surface area contributed by atoms with E-state index in [1.807, 2.05) is 17.7 Å². The van der Waals surface area contributed by atoms with Gasteiger partial charge in [0.2, 0.25) is 0 Å². The van der Waals surface area contributed by atoms with Gasteiger partial charge >= 0.3 is 0 Å². The molecule has 1 aromatic heterocycles. The van der Waals surface area contributed by atoms with E-state index in [2.05, 4.69) is 22.2 Å². The summed E-state index contributed by atoms with van der Waals surface area (Å²) in [5.41, 5.74) is 1.69. The van der Waals surface area contributed by atoms with E-state index in [0.717, 1.165) is 44.7 Å². The lowest BCUT2D eigenvalue weighted by atomic mass is 9.89. The number of hydrogen-bond donors (Lipinski definition) is 1. The summed E-state index contributed by atoms with van der Waals surface area (Å²) in [5.74, 6) is 0.739. The number of nitrogens with zero attached hydrogens (tertiary/aromatic N) is 3. The maximum absolute atomic E-state index is 12.9.